The molecule has 34 heavy (non-hydrogen) atoms. The van der Waals surface area contributed by atoms with E-state index in [1.165, 1.54) is 0 Å². The number of para-hydroxylation sites is 1. The summed E-state index contributed by atoms with van der Waals surface area (Å²) < 4.78 is 23.4. The monoisotopic (exact) mass is 474 g/mol. The summed E-state index contributed by atoms with van der Waals surface area (Å²) in [5.74, 6) is 1.26. The Hall–Kier alpha value is -3.06. The van der Waals surface area contributed by atoms with Crippen molar-refractivity contribution in [3.05, 3.63) is 36.0 Å². The van der Waals surface area contributed by atoms with Crippen LogP contribution in [-0.4, -0.2) is 73.0 Å². The van der Waals surface area contributed by atoms with Crippen LogP contribution in [0.15, 0.2) is 30.5 Å². The van der Waals surface area contributed by atoms with E-state index in [1.54, 1.807) is 20.8 Å². The average Bonchev–Trinajstić information content (AvgIpc) is 3.11. The number of carboxylic acids is 1. The van der Waals surface area contributed by atoms with E-state index >= 15 is 0 Å². The largest absolute Gasteiger partial charge is 0.480 e. The van der Waals surface area contributed by atoms with Crippen LogP contribution < -0.4 is 5.32 Å². The predicted octanol–water partition coefficient (Wildman–Crippen LogP) is 2.84. The summed E-state index contributed by atoms with van der Waals surface area (Å²) in [6.07, 6.45) is 6.36. The number of hydrogen-bond acceptors (Lipinski definition) is 6. The number of carbonyl (C=O) groups excluding carboxylic acids is 1. The molecule has 1 heterocycles. The zero-order valence-electron chi connectivity index (χ0n) is 20.0. The second-order valence-electron chi connectivity index (χ2n) is 8.59. The highest BCUT2D eigenvalue weighted by atomic mass is 16.6. The number of aliphatic carboxylic acids is 1. The fraction of sp³-hybridized carbons (Fsp3) is 0.520. The minimum atomic E-state index is -1.13. The van der Waals surface area contributed by atoms with E-state index in [2.05, 4.69) is 11.2 Å². The minimum Gasteiger partial charge on any atom is -0.480 e. The number of hydrogen-bond donors (Lipinski definition) is 2. The molecule has 186 valence electrons. The van der Waals surface area contributed by atoms with Crippen LogP contribution in [0.4, 0.5) is 4.79 Å². The first-order valence-electron chi connectivity index (χ1n) is 11.2. The predicted molar refractivity (Wildman–Crippen MR) is 128 cm³/mol. The van der Waals surface area contributed by atoms with E-state index in [9.17, 15) is 14.7 Å². The molecule has 0 aliphatic carbocycles. The number of amides is 1. The van der Waals surface area contributed by atoms with Crippen molar-refractivity contribution in [2.45, 2.75) is 45.4 Å². The lowest BCUT2D eigenvalue weighted by molar-refractivity contribution is -0.139. The number of ether oxygens (including phenoxy) is 4. The van der Waals surface area contributed by atoms with Crippen molar-refractivity contribution in [3.63, 3.8) is 0 Å². The summed E-state index contributed by atoms with van der Waals surface area (Å²) >= 11 is 0. The van der Waals surface area contributed by atoms with Gasteiger partial charge in [-0.3, -0.25) is 0 Å². The number of alkyl carbamates (subject to hydrolysis) is 1. The quantitative estimate of drug-likeness (QED) is 0.320. The van der Waals surface area contributed by atoms with Gasteiger partial charge in [-0.2, -0.15) is 0 Å². The highest BCUT2D eigenvalue weighted by molar-refractivity contribution is 5.86. The molecule has 9 nitrogen and oxygen atoms in total. The molecule has 2 N–H and O–H groups in total. The molecule has 0 unspecified atom stereocenters. The zero-order chi connectivity index (χ0) is 25.0. The fourth-order valence-electron chi connectivity index (χ4n) is 3.27. The van der Waals surface area contributed by atoms with Crippen LogP contribution in [0.3, 0.4) is 0 Å². The molecule has 1 aromatic heterocycles. The molecule has 1 atom stereocenters. The zero-order valence-corrected chi connectivity index (χ0v) is 20.0. The Morgan fingerprint density at radius 1 is 1.09 bits per heavy atom. The molecular formula is C25H34N2O7. The molecule has 0 radical (unpaired) electrons. The van der Waals surface area contributed by atoms with Crippen LogP contribution >= 0.6 is 0 Å². The van der Waals surface area contributed by atoms with Gasteiger partial charge in [0.1, 0.15) is 18.2 Å². The third-order valence-electron chi connectivity index (χ3n) is 4.69. The van der Waals surface area contributed by atoms with Crippen molar-refractivity contribution in [1.29, 1.82) is 0 Å². The van der Waals surface area contributed by atoms with Gasteiger partial charge < -0.3 is 33.9 Å². The number of fused-ring (bicyclic) bond motifs is 1. The molecule has 9 heteroatoms. The molecule has 0 fully saturated rings. The highest BCUT2D eigenvalue weighted by Crippen LogP contribution is 2.23. The number of carbonyl (C=O) groups is 2. The van der Waals surface area contributed by atoms with Crippen LogP contribution in [0, 0.1) is 12.3 Å². The third-order valence-corrected chi connectivity index (χ3v) is 4.69. The van der Waals surface area contributed by atoms with Gasteiger partial charge in [0.2, 0.25) is 0 Å². The number of nitrogens with zero attached hydrogens (tertiary/aromatic N) is 1. The first-order chi connectivity index (χ1) is 16.2. The average molecular weight is 475 g/mol. The summed E-state index contributed by atoms with van der Waals surface area (Å²) in [7, 11) is 0. The van der Waals surface area contributed by atoms with Crippen molar-refractivity contribution in [1.82, 2.24) is 9.88 Å². The Balaban J connectivity index is 1.92. The normalized spacial score (nSPS) is 12.3. The van der Waals surface area contributed by atoms with E-state index < -0.39 is 23.7 Å². The molecule has 0 aliphatic heterocycles. The number of aromatic nitrogens is 1. The van der Waals surface area contributed by atoms with Gasteiger partial charge in [0.15, 0.2) is 0 Å². The van der Waals surface area contributed by atoms with Gasteiger partial charge in [-0.25, -0.2) is 9.59 Å². The van der Waals surface area contributed by atoms with Crippen molar-refractivity contribution in [2.75, 3.05) is 39.6 Å². The second kappa shape index (κ2) is 13.6. The number of carboxylic acid groups (broad SMARTS) is 1. The van der Waals surface area contributed by atoms with E-state index in [4.69, 9.17) is 25.4 Å². The molecule has 1 amide bonds. The number of terminal acetylenes is 1. The molecule has 2 aromatic rings. The van der Waals surface area contributed by atoms with E-state index in [0.29, 0.717) is 39.6 Å². The van der Waals surface area contributed by atoms with Crippen LogP contribution in [-0.2, 0) is 36.7 Å². The van der Waals surface area contributed by atoms with Gasteiger partial charge in [-0.05, 0) is 32.4 Å². The van der Waals surface area contributed by atoms with Gasteiger partial charge >= 0.3 is 12.1 Å². The molecule has 1 aromatic carbocycles. The molecule has 0 bridgehead atoms. The van der Waals surface area contributed by atoms with Crippen molar-refractivity contribution in [2.24, 2.45) is 0 Å². The van der Waals surface area contributed by atoms with Gasteiger partial charge in [0.05, 0.1) is 33.0 Å². The smallest absolute Gasteiger partial charge is 0.408 e. The van der Waals surface area contributed by atoms with Crippen molar-refractivity contribution in [3.8, 4) is 12.3 Å². The maximum Gasteiger partial charge on any atom is 0.408 e. The Morgan fingerprint density at radius 3 is 2.38 bits per heavy atom. The second-order valence-corrected chi connectivity index (χ2v) is 8.59. The summed E-state index contributed by atoms with van der Waals surface area (Å²) in [6, 6.07) is 6.61. The number of rotatable bonds is 14. The SMILES string of the molecule is C#CCOCCOCCOCCn1cc(C[C@H](NC(=O)OC(C)(C)C)C(=O)O)c2ccccc21. The molecule has 0 saturated heterocycles. The Morgan fingerprint density at radius 2 is 1.74 bits per heavy atom. The van der Waals surface area contributed by atoms with E-state index in [-0.39, 0.29) is 13.0 Å². The Kier molecular flexibility index (Phi) is 10.9. The lowest BCUT2D eigenvalue weighted by Crippen LogP contribution is -2.44. The third kappa shape index (κ3) is 9.43. The van der Waals surface area contributed by atoms with Gasteiger partial charge in [-0.1, -0.05) is 24.1 Å². The Bertz CT molecular complexity index is 972. The number of nitrogens with one attached hydrogen (secondary N) is 1. The molecule has 0 saturated carbocycles. The summed E-state index contributed by atoms with van der Waals surface area (Å²) in [5, 5.41) is 13.0. The van der Waals surface area contributed by atoms with Gasteiger partial charge in [0.25, 0.3) is 0 Å². The molecule has 0 aliphatic rings. The van der Waals surface area contributed by atoms with E-state index in [0.717, 1.165) is 16.5 Å². The topological polar surface area (TPSA) is 108 Å². The summed E-state index contributed by atoms with van der Waals surface area (Å²) in [4.78, 5) is 23.9. The molecule has 2 rings (SSSR count). The van der Waals surface area contributed by atoms with Gasteiger partial charge in [0, 0.05) is 30.1 Å². The van der Waals surface area contributed by atoms with Crippen LogP contribution in [0.5, 0.6) is 0 Å². The lowest BCUT2D eigenvalue weighted by atomic mass is 10.1. The van der Waals surface area contributed by atoms with E-state index in [1.807, 2.05) is 35.0 Å². The van der Waals surface area contributed by atoms with Crippen molar-refractivity contribution < 1.29 is 33.6 Å². The minimum absolute atomic E-state index is 0.124. The number of benzene rings is 1. The van der Waals surface area contributed by atoms with Crippen LogP contribution in [0.25, 0.3) is 10.9 Å². The van der Waals surface area contributed by atoms with Crippen LogP contribution in [0.2, 0.25) is 0 Å². The molecular weight excluding hydrogens is 440 g/mol. The highest BCUT2D eigenvalue weighted by Gasteiger charge is 2.25. The first kappa shape index (κ1) is 27.2. The Labute approximate surface area is 200 Å². The maximum atomic E-state index is 12.1. The van der Waals surface area contributed by atoms with Crippen LogP contribution in [0.1, 0.15) is 26.3 Å². The summed E-state index contributed by atoms with van der Waals surface area (Å²) in [5.41, 5.74) is 1.06. The molecule has 0 spiro atoms. The van der Waals surface area contributed by atoms with Crippen molar-refractivity contribution >= 4 is 23.0 Å². The fourth-order valence-corrected chi connectivity index (χ4v) is 3.27. The standard InChI is InChI=1S/C25H34N2O7/c1-5-11-31-13-15-33-16-14-32-12-10-27-18-19(20-8-6-7-9-22(20)27)17-21(23(28)29)26-24(30)34-25(2,3)4/h1,6-9,18,21H,10-17H2,2-4H3,(H,26,30)(H,28,29)/t21-/m0/s1. The maximum absolute atomic E-state index is 12.1. The van der Waals surface area contributed by atoms with Gasteiger partial charge in [-0.15, -0.1) is 6.42 Å². The lowest BCUT2D eigenvalue weighted by Gasteiger charge is -2.22. The first-order valence-corrected chi connectivity index (χ1v) is 11.2. The summed E-state index contributed by atoms with van der Waals surface area (Å²) in [6.45, 7) is 8.30.